The zero-order valence-corrected chi connectivity index (χ0v) is 21.4. The molecular weight excluding hydrogens is 485 g/mol. The Bertz CT molecular complexity index is 1070. The lowest BCUT2D eigenvalue weighted by Gasteiger charge is -2.36. The smallest absolute Gasteiger partial charge is 0.251 e. The van der Waals surface area contributed by atoms with Crippen LogP contribution in [0.15, 0.2) is 72.8 Å². The molecule has 3 aromatic rings. The molecule has 0 bridgehead atoms. The first kappa shape index (κ1) is 24.9. The Morgan fingerprint density at radius 2 is 1.65 bits per heavy atom. The van der Waals surface area contributed by atoms with Crippen LogP contribution in [-0.4, -0.2) is 49.3 Å². The van der Waals surface area contributed by atoms with Gasteiger partial charge in [0.25, 0.3) is 5.91 Å². The van der Waals surface area contributed by atoms with Gasteiger partial charge < -0.3 is 10.2 Å². The van der Waals surface area contributed by atoms with Gasteiger partial charge in [-0.05, 0) is 47.5 Å². The fraction of sp³-hybridized carbons (Fsp3) is 0.296. The summed E-state index contributed by atoms with van der Waals surface area (Å²) in [6, 6.07) is 24.1. The highest BCUT2D eigenvalue weighted by atomic mass is 35.5. The molecule has 1 aliphatic rings. The maximum atomic E-state index is 12.5. The van der Waals surface area contributed by atoms with Crippen LogP contribution in [0.2, 0.25) is 10.0 Å². The summed E-state index contributed by atoms with van der Waals surface area (Å²) < 4.78 is 0. The molecule has 0 unspecified atom stereocenters. The van der Waals surface area contributed by atoms with Gasteiger partial charge in [-0.25, -0.2) is 0 Å². The highest BCUT2D eigenvalue weighted by molar-refractivity contribution is 7.98. The van der Waals surface area contributed by atoms with Crippen LogP contribution in [0.3, 0.4) is 0 Å². The first-order chi connectivity index (χ1) is 16.6. The van der Waals surface area contributed by atoms with E-state index in [9.17, 15) is 4.79 Å². The van der Waals surface area contributed by atoms with E-state index in [4.69, 9.17) is 23.2 Å². The number of carbonyl (C=O) groups is 1. The third-order valence-corrected chi connectivity index (χ3v) is 7.52. The molecule has 7 heteroatoms. The number of hydrogen-bond acceptors (Lipinski definition) is 4. The molecule has 0 atom stereocenters. The minimum absolute atomic E-state index is 0.0341. The van der Waals surface area contributed by atoms with Crippen LogP contribution >= 0.6 is 35.0 Å². The Hall–Kier alpha value is -2.18. The van der Waals surface area contributed by atoms with Crippen molar-refractivity contribution >= 4 is 46.6 Å². The number of nitrogens with one attached hydrogen (secondary N) is 1. The number of rotatable bonds is 9. The number of thioether (sulfide) groups is 1. The number of para-hydroxylation sites is 1. The molecule has 3 aromatic carbocycles. The second-order valence-corrected chi connectivity index (χ2v) is 10.3. The summed E-state index contributed by atoms with van der Waals surface area (Å²) in [7, 11) is 0. The lowest BCUT2D eigenvalue weighted by Crippen LogP contribution is -2.45. The first-order valence-electron chi connectivity index (χ1n) is 11.5. The van der Waals surface area contributed by atoms with Gasteiger partial charge in [0.05, 0.1) is 0 Å². The van der Waals surface area contributed by atoms with Gasteiger partial charge in [-0.2, -0.15) is 11.8 Å². The average Bonchev–Trinajstić information content (AvgIpc) is 2.86. The SMILES string of the molecule is O=C(NCCSCc1ccc(Cl)cc1Cl)c1ccc(CN2CCN(c3ccccc3)CC2)cc1. The quantitative estimate of drug-likeness (QED) is 0.357. The van der Waals surface area contributed by atoms with Crippen LogP contribution < -0.4 is 10.2 Å². The molecule has 178 valence electrons. The molecule has 0 spiro atoms. The Labute approximate surface area is 216 Å². The number of nitrogens with zero attached hydrogens (tertiary/aromatic N) is 2. The van der Waals surface area contributed by atoms with Crippen molar-refractivity contribution in [2.45, 2.75) is 12.3 Å². The van der Waals surface area contributed by atoms with Crippen molar-refractivity contribution < 1.29 is 4.79 Å². The van der Waals surface area contributed by atoms with Gasteiger partial charge in [0.1, 0.15) is 0 Å². The number of amides is 1. The second kappa shape index (κ2) is 12.5. The minimum Gasteiger partial charge on any atom is -0.369 e. The van der Waals surface area contributed by atoms with Crippen LogP contribution in [0.1, 0.15) is 21.5 Å². The summed E-state index contributed by atoms with van der Waals surface area (Å²) in [5.74, 6) is 1.57. The molecule has 1 heterocycles. The average molecular weight is 515 g/mol. The van der Waals surface area contributed by atoms with Crippen LogP contribution in [0, 0.1) is 0 Å². The van der Waals surface area contributed by atoms with E-state index in [0.717, 1.165) is 49.8 Å². The summed E-state index contributed by atoms with van der Waals surface area (Å²) in [5.41, 5.74) is 4.28. The Morgan fingerprint density at radius 3 is 2.35 bits per heavy atom. The molecule has 1 amide bonds. The number of hydrogen-bond donors (Lipinski definition) is 1. The maximum Gasteiger partial charge on any atom is 0.251 e. The fourth-order valence-corrected chi connectivity index (χ4v) is 5.40. The molecule has 0 aromatic heterocycles. The molecule has 1 aliphatic heterocycles. The Balaban J connectivity index is 1.16. The van der Waals surface area contributed by atoms with Crippen molar-refractivity contribution in [1.29, 1.82) is 0 Å². The van der Waals surface area contributed by atoms with Crippen molar-refractivity contribution in [3.63, 3.8) is 0 Å². The standard InChI is InChI=1S/C27H29Cl2N3OS/c28-24-11-10-23(26(29)18-24)20-34-17-12-30-27(33)22-8-6-21(7-9-22)19-31-13-15-32(16-14-31)25-4-2-1-3-5-25/h1-11,18H,12-17,19-20H2,(H,30,33). The van der Waals surface area contributed by atoms with E-state index in [1.807, 2.05) is 24.3 Å². The third kappa shape index (κ3) is 7.16. The van der Waals surface area contributed by atoms with Crippen molar-refractivity contribution in [3.8, 4) is 0 Å². The molecular formula is C27H29Cl2N3OS. The molecule has 0 saturated carbocycles. The normalized spacial score (nSPS) is 14.2. The van der Waals surface area contributed by atoms with Gasteiger partial charge in [0.2, 0.25) is 0 Å². The van der Waals surface area contributed by atoms with E-state index >= 15 is 0 Å². The summed E-state index contributed by atoms with van der Waals surface area (Å²) in [5, 5.41) is 4.32. The molecule has 0 aliphatic carbocycles. The van der Waals surface area contributed by atoms with E-state index in [-0.39, 0.29) is 5.91 Å². The Morgan fingerprint density at radius 1 is 0.912 bits per heavy atom. The Kier molecular flexibility index (Phi) is 9.17. The summed E-state index contributed by atoms with van der Waals surface area (Å²) in [4.78, 5) is 17.4. The van der Waals surface area contributed by atoms with Crippen LogP contribution in [-0.2, 0) is 12.3 Å². The van der Waals surface area contributed by atoms with E-state index in [1.54, 1.807) is 17.8 Å². The largest absolute Gasteiger partial charge is 0.369 e. The molecule has 4 rings (SSSR count). The topological polar surface area (TPSA) is 35.6 Å². The predicted octanol–water partition coefficient (Wildman–Crippen LogP) is 5.98. The van der Waals surface area contributed by atoms with Crippen molar-refractivity contribution in [2.75, 3.05) is 43.4 Å². The number of anilines is 1. The van der Waals surface area contributed by atoms with Crippen LogP contribution in [0.5, 0.6) is 0 Å². The monoisotopic (exact) mass is 513 g/mol. The van der Waals surface area contributed by atoms with E-state index in [1.165, 1.54) is 11.3 Å². The van der Waals surface area contributed by atoms with Crippen molar-refractivity contribution in [2.24, 2.45) is 0 Å². The predicted molar refractivity (Wildman–Crippen MR) is 145 cm³/mol. The minimum atomic E-state index is -0.0341. The molecule has 0 radical (unpaired) electrons. The number of halogens is 2. The zero-order valence-electron chi connectivity index (χ0n) is 19.1. The van der Waals surface area contributed by atoms with Gasteiger partial charge in [0.15, 0.2) is 0 Å². The molecule has 1 saturated heterocycles. The number of carbonyl (C=O) groups excluding carboxylic acids is 1. The summed E-state index contributed by atoms with van der Waals surface area (Å²) >= 11 is 13.9. The molecule has 1 fully saturated rings. The second-order valence-electron chi connectivity index (χ2n) is 8.34. The number of benzene rings is 3. The number of piperazine rings is 1. The van der Waals surface area contributed by atoms with Gasteiger partial charge in [-0.15, -0.1) is 0 Å². The van der Waals surface area contributed by atoms with Gasteiger partial charge in [-0.3, -0.25) is 9.69 Å². The van der Waals surface area contributed by atoms with E-state index in [2.05, 4.69) is 57.6 Å². The van der Waals surface area contributed by atoms with Crippen molar-refractivity contribution in [3.05, 3.63) is 99.5 Å². The first-order valence-corrected chi connectivity index (χ1v) is 13.4. The summed E-state index contributed by atoms with van der Waals surface area (Å²) in [6.07, 6.45) is 0. The molecule has 1 N–H and O–H groups in total. The maximum absolute atomic E-state index is 12.5. The lowest BCUT2D eigenvalue weighted by molar-refractivity contribution is 0.0956. The zero-order chi connectivity index (χ0) is 23.8. The van der Waals surface area contributed by atoms with Gasteiger partial charge in [-0.1, -0.05) is 59.6 Å². The van der Waals surface area contributed by atoms with Gasteiger partial charge in [0, 0.05) is 72.1 Å². The summed E-state index contributed by atoms with van der Waals surface area (Å²) in [6.45, 7) is 5.67. The van der Waals surface area contributed by atoms with Gasteiger partial charge >= 0.3 is 0 Å². The van der Waals surface area contributed by atoms with Crippen LogP contribution in [0.4, 0.5) is 5.69 Å². The molecule has 4 nitrogen and oxygen atoms in total. The van der Waals surface area contributed by atoms with E-state index < -0.39 is 0 Å². The fourth-order valence-electron chi connectivity index (χ4n) is 3.98. The van der Waals surface area contributed by atoms with Crippen LogP contribution in [0.25, 0.3) is 0 Å². The van der Waals surface area contributed by atoms with Crippen molar-refractivity contribution in [1.82, 2.24) is 10.2 Å². The van der Waals surface area contributed by atoms with E-state index in [0.29, 0.717) is 22.2 Å². The lowest BCUT2D eigenvalue weighted by atomic mass is 10.1. The highest BCUT2D eigenvalue weighted by Gasteiger charge is 2.17. The highest BCUT2D eigenvalue weighted by Crippen LogP contribution is 2.24. The third-order valence-electron chi connectivity index (χ3n) is 5.92. The molecule has 34 heavy (non-hydrogen) atoms.